The van der Waals surface area contributed by atoms with Gasteiger partial charge in [-0.1, -0.05) is 18.2 Å². The fraction of sp³-hybridized carbons (Fsp3) is 0.611. The third-order valence-corrected chi connectivity index (χ3v) is 4.64. The topological polar surface area (TPSA) is 71.0 Å². The molecule has 0 bridgehead atoms. The van der Waals surface area contributed by atoms with Crippen molar-refractivity contribution in [2.75, 3.05) is 38.2 Å². The molecule has 6 nitrogen and oxygen atoms in total. The van der Waals surface area contributed by atoms with Gasteiger partial charge in [-0.05, 0) is 31.4 Å². The second-order valence-corrected chi connectivity index (χ2v) is 6.42. The monoisotopic (exact) mass is 334 g/mol. The second-order valence-electron chi connectivity index (χ2n) is 6.42. The highest BCUT2D eigenvalue weighted by Gasteiger charge is 2.35. The molecule has 132 valence electrons. The number of carbonyl (C=O) groups is 1. The van der Waals surface area contributed by atoms with Crippen molar-refractivity contribution in [1.29, 1.82) is 0 Å². The Hall–Kier alpha value is -1.47. The molecule has 2 N–H and O–H groups in total. The normalized spacial score (nSPS) is 28.5. The molecule has 3 rings (SSSR count). The van der Waals surface area contributed by atoms with Gasteiger partial charge in [-0.25, -0.2) is 0 Å². The number of nitrogens with one attached hydrogen (secondary N) is 1. The van der Waals surface area contributed by atoms with E-state index in [0.29, 0.717) is 12.1 Å². The van der Waals surface area contributed by atoms with Gasteiger partial charge in [-0.15, -0.1) is 0 Å². The molecule has 2 heterocycles. The highest BCUT2D eigenvalue weighted by atomic mass is 16.5. The van der Waals surface area contributed by atoms with E-state index in [-0.39, 0.29) is 12.0 Å². The van der Waals surface area contributed by atoms with Crippen molar-refractivity contribution < 1.29 is 19.4 Å². The van der Waals surface area contributed by atoms with Crippen LogP contribution in [0.3, 0.4) is 0 Å². The zero-order valence-corrected chi connectivity index (χ0v) is 13.9. The van der Waals surface area contributed by atoms with Crippen molar-refractivity contribution in [2.24, 2.45) is 0 Å². The quantitative estimate of drug-likeness (QED) is 0.848. The van der Waals surface area contributed by atoms with Crippen LogP contribution in [-0.2, 0) is 14.3 Å². The standard InChI is InChI=1S/C18H26N2O4/c21-16-7-6-15(8-9-20-10-12-23-13-11-20)24-17(16)18(22)19-14-4-2-1-3-5-14/h1-5,15-17,21H,6-13H2,(H,19,22)/t15-,16-,17+/m0/s1. The zero-order chi connectivity index (χ0) is 16.8. The van der Waals surface area contributed by atoms with E-state index in [1.165, 1.54) is 0 Å². The van der Waals surface area contributed by atoms with Gasteiger partial charge in [-0.2, -0.15) is 0 Å². The van der Waals surface area contributed by atoms with Gasteiger partial charge in [0.2, 0.25) is 0 Å². The lowest BCUT2D eigenvalue weighted by Crippen LogP contribution is -2.47. The summed E-state index contributed by atoms with van der Waals surface area (Å²) in [6, 6.07) is 9.26. The molecule has 2 aliphatic rings. The summed E-state index contributed by atoms with van der Waals surface area (Å²) in [5, 5.41) is 13.0. The van der Waals surface area contributed by atoms with Crippen LogP contribution in [0.4, 0.5) is 5.69 Å². The maximum Gasteiger partial charge on any atom is 0.256 e. The van der Waals surface area contributed by atoms with E-state index in [0.717, 1.165) is 45.7 Å². The number of para-hydroxylation sites is 1. The average Bonchev–Trinajstić information content (AvgIpc) is 2.62. The highest BCUT2D eigenvalue weighted by molar-refractivity contribution is 5.94. The molecule has 1 amide bonds. The lowest BCUT2D eigenvalue weighted by atomic mass is 9.98. The highest BCUT2D eigenvalue weighted by Crippen LogP contribution is 2.23. The summed E-state index contributed by atoms with van der Waals surface area (Å²) < 4.78 is 11.3. The van der Waals surface area contributed by atoms with Crippen LogP contribution in [0.15, 0.2) is 30.3 Å². The molecule has 1 aromatic rings. The van der Waals surface area contributed by atoms with Gasteiger partial charge in [0.25, 0.3) is 5.91 Å². The summed E-state index contributed by atoms with van der Waals surface area (Å²) in [5.41, 5.74) is 0.716. The molecule has 0 aromatic heterocycles. The fourth-order valence-corrected chi connectivity index (χ4v) is 3.21. The van der Waals surface area contributed by atoms with Crippen molar-refractivity contribution in [3.05, 3.63) is 30.3 Å². The van der Waals surface area contributed by atoms with E-state index in [2.05, 4.69) is 10.2 Å². The van der Waals surface area contributed by atoms with E-state index in [1.54, 1.807) is 0 Å². The predicted octanol–water partition coefficient (Wildman–Crippen LogP) is 1.26. The lowest BCUT2D eigenvalue weighted by Gasteiger charge is -2.34. The van der Waals surface area contributed by atoms with Crippen LogP contribution in [0.1, 0.15) is 19.3 Å². The maximum atomic E-state index is 12.4. The first-order valence-electron chi connectivity index (χ1n) is 8.72. The number of amides is 1. The summed E-state index contributed by atoms with van der Waals surface area (Å²) in [7, 11) is 0. The Morgan fingerprint density at radius 2 is 1.96 bits per heavy atom. The van der Waals surface area contributed by atoms with Crippen LogP contribution in [0.5, 0.6) is 0 Å². The van der Waals surface area contributed by atoms with Crippen molar-refractivity contribution in [3.63, 3.8) is 0 Å². The Kier molecular flexibility index (Phi) is 6.20. The summed E-state index contributed by atoms with van der Waals surface area (Å²) in [6.07, 6.45) is 0.744. The van der Waals surface area contributed by atoms with Crippen LogP contribution in [0.2, 0.25) is 0 Å². The molecule has 24 heavy (non-hydrogen) atoms. The number of aliphatic hydroxyl groups is 1. The summed E-state index contributed by atoms with van der Waals surface area (Å²) in [5.74, 6) is -0.273. The molecule has 6 heteroatoms. The number of morpholine rings is 1. The zero-order valence-electron chi connectivity index (χ0n) is 13.9. The number of ether oxygens (including phenoxy) is 2. The largest absolute Gasteiger partial charge is 0.390 e. The smallest absolute Gasteiger partial charge is 0.256 e. The molecule has 3 atom stereocenters. The molecule has 2 fully saturated rings. The number of carbonyl (C=O) groups excluding carboxylic acids is 1. The minimum absolute atomic E-state index is 0.0165. The van der Waals surface area contributed by atoms with Crippen LogP contribution in [-0.4, -0.2) is 67.1 Å². The third-order valence-electron chi connectivity index (χ3n) is 4.64. The number of hydrogen-bond donors (Lipinski definition) is 2. The maximum absolute atomic E-state index is 12.4. The molecule has 0 unspecified atom stereocenters. The van der Waals surface area contributed by atoms with E-state index < -0.39 is 12.2 Å². The van der Waals surface area contributed by atoms with Crippen molar-refractivity contribution in [3.8, 4) is 0 Å². The molecular formula is C18H26N2O4. The molecule has 0 saturated carbocycles. The van der Waals surface area contributed by atoms with Gasteiger partial charge < -0.3 is 19.9 Å². The fourth-order valence-electron chi connectivity index (χ4n) is 3.21. The minimum atomic E-state index is -0.798. The average molecular weight is 334 g/mol. The Morgan fingerprint density at radius 1 is 1.21 bits per heavy atom. The first kappa shape index (κ1) is 17.4. The number of benzene rings is 1. The van der Waals surface area contributed by atoms with Crippen LogP contribution < -0.4 is 5.32 Å². The molecule has 0 spiro atoms. The Morgan fingerprint density at radius 3 is 2.71 bits per heavy atom. The Bertz CT molecular complexity index is 519. The van der Waals surface area contributed by atoms with Crippen molar-refractivity contribution >= 4 is 11.6 Å². The summed E-state index contributed by atoms with van der Waals surface area (Å²) >= 11 is 0. The first-order chi connectivity index (χ1) is 11.7. The molecule has 2 saturated heterocycles. The number of hydrogen-bond acceptors (Lipinski definition) is 5. The van der Waals surface area contributed by atoms with Crippen molar-refractivity contribution in [2.45, 2.75) is 37.6 Å². The van der Waals surface area contributed by atoms with Gasteiger partial charge in [0.05, 0.1) is 25.4 Å². The molecular weight excluding hydrogens is 308 g/mol. The first-order valence-corrected chi connectivity index (χ1v) is 8.72. The Balaban J connectivity index is 1.50. The van der Waals surface area contributed by atoms with E-state index in [9.17, 15) is 9.90 Å². The number of nitrogens with zero attached hydrogens (tertiary/aromatic N) is 1. The Labute approximate surface area is 142 Å². The van der Waals surface area contributed by atoms with E-state index in [4.69, 9.17) is 9.47 Å². The van der Waals surface area contributed by atoms with Gasteiger partial charge in [0.15, 0.2) is 6.10 Å². The van der Waals surface area contributed by atoms with Gasteiger partial charge in [0.1, 0.15) is 0 Å². The van der Waals surface area contributed by atoms with E-state index >= 15 is 0 Å². The number of rotatable bonds is 5. The number of aliphatic hydroxyl groups excluding tert-OH is 1. The predicted molar refractivity (Wildman–Crippen MR) is 90.8 cm³/mol. The summed E-state index contributed by atoms with van der Waals surface area (Å²) in [4.78, 5) is 14.8. The molecule has 2 aliphatic heterocycles. The second kappa shape index (κ2) is 8.58. The van der Waals surface area contributed by atoms with Gasteiger partial charge in [0, 0.05) is 25.3 Å². The van der Waals surface area contributed by atoms with E-state index in [1.807, 2.05) is 30.3 Å². The van der Waals surface area contributed by atoms with Crippen LogP contribution in [0.25, 0.3) is 0 Å². The number of anilines is 1. The molecule has 1 aromatic carbocycles. The third kappa shape index (κ3) is 4.77. The SMILES string of the molecule is O=C(Nc1ccccc1)[C@@H]1O[C@H](CCN2CCOCC2)CC[C@@H]1O. The molecule has 0 radical (unpaired) electrons. The van der Waals surface area contributed by atoms with Crippen LogP contribution >= 0.6 is 0 Å². The molecule has 0 aliphatic carbocycles. The van der Waals surface area contributed by atoms with Crippen molar-refractivity contribution in [1.82, 2.24) is 4.90 Å². The lowest BCUT2D eigenvalue weighted by molar-refractivity contribution is -0.153. The minimum Gasteiger partial charge on any atom is -0.390 e. The van der Waals surface area contributed by atoms with Gasteiger partial charge >= 0.3 is 0 Å². The van der Waals surface area contributed by atoms with Crippen LogP contribution in [0, 0.1) is 0 Å². The van der Waals surface area contributed by atoms with Gasteiger partial charge in [-0.3, -0.25) is 9.69 Å². The summed E-state index contributed by atoms with van der Waals surface area (Å²) in [6.45, 7) is 4.41.